The van der Waals surface area contributed by atoms with Crippen molar-refractivity contribution in [2.75, 3.05) is 0 Å². The van der Waals surface area contributed by atoms with Crippen molar-refractivity contribution in [1.82, 2.24) is 9.13 Å². The average Bonchev–Trinajstić information content (AvgIpc) is 3.45. The molecule has 0 bridgehead atoms. The van der Waals surface area contributed by atoms with Gasteiger partial charge in [0.1, 0.15) is 0 Å². The molecule has 4 aromatic carbocycles. The van der Waals surface area contributed by atoms with Gasteiger partial charge in [-0.2, -0.15) is 0 Å². The smallest absolute Gasteiger partial charge is 0.0491 e. The van der Waals surface area contributed by atoms with E-state index in [1.807, 2.05) is 0 Å². The molecular formula is C35H38N2. The number of unbranched alkanes of at least 4 members (excludes halogenated alkanes) is 8. The van der Waals surface area contributed by atoms with Crippen molar-refractivity contribution in [1.29, 1.82) is 0 Å². The normalized spacial score (nSPS) is 11.9. The molecule has 0 aliphatic rings. The van der Waals surface area contributed by atoms with Crippen LogP contribution in [0.5, 0.6) is 0 Å². The third-order valence-corrected chi connectivity index (χ3v) is 8.12. The van der Waals surface area contributed by atoms with Crippen LogP contribution in [-0.2, 0) is 13.1 Å². The van der Waals surface area contributed by atoms with Crippen LogP contribution in [0.25, 0.3) is 43.6 Å². The number of aromatic nitrogens is 2. The first-order chi connectivity index (χ1) is 18.4. The first kappa shape index (κ1) is 23.9. The van der Waals surface area contributed by atoms with Crippen LogP contribution >= 0.6 is 0 Å². The number of para-hydroxylation sites is 4. The van der Waals surface area contributed by atoms with Crippen LogP contribution in [0.1, 0.15) is 57.8 Å². The number of hydrogen-bond donors (Lipinski definition) is 0. The molecule has 2 nitrogen and oxygen atoms in total. The summed E-state index contributed by atoms with van der Waals surface area (Å²) < 4.78 is 5.06. The van der Waals surface area contributed by atoms with E-state index in [1.54, 1.807) is 0 Å². The molecule has 2 heteroatoms. The highest BCUT2D eigenvalue weighted by Gasteiger charge is 2.10. The first-order valence-electron chi connectivity index (χ1n) is 14.3. The zero-order valence-corrected chi connectivity index (χ0v) is 21.9. The van der Waals surface area contributed by atoms with Crippen LogP contribution in [0.3, 0.4) is 0 Å². The Hall–Kier alpha value is -3.52. The molecule has 37 heavy (non-hydrogen) atoms. The summed E-state index contributed by atoms with van der Waals surface area (Å²) in [7, 11) is 0. The van der Waals surface area contributed by atoms with Gasteiger partial charge in [0.2, 0.25) is 0 Å². The van der Waals surface area contributed by atoms with Gasteiger partial charge >= 0.3 is 0 Å². The molecule has 0 saturated heterocycles. The maximum atomic E-state index is 2.53. The monoisotopic (exact) mass is 486 g/mol. The molecule has 6 aromatic rings. The van der Waals surface area contributed by atoms with Crippen molar-refractivity contribution in [3.63, 3.8) is 0 Å². The molecule has 2 heterocycles. The number of nitrogens with zero attached hydrogens (tertiary/aromatic N) is 2. The minimum absolute atomic E-state index is 1.12. The fourth-order valence-corrected chi connectivity index (χ4v) is 6.27. The Labute approximate surface area is 220 Å². The minimum Gasteiger partial charge on any atom is -0.340 e. The van der Waals surface area contributed by atoms with E-state index in [0.29, 0.717) is 0 Å². The number of fused-ring (bicyclic) bond motifs is 6. The summed E-state index contributed by atoms with van der Waals surface area (Å²) in [4.78, 5) is 0. The topological polar surface area (TPSA) is 9.86 Å². The summed E-state index contributed by atoms with van der Waals surface area (Å²) in [6, 6.07) is 35.4. The van der Waals surface area contributed by atoms with E-state index in [-0.39, 0.29) is 0 Å². The minimum atomic E-state index is 1.12. The maximum absolute atomic E-state index is 2.53. The highest BCUT2D eigenvalue weighted by Crippen LogP contribution is 2.30. The zero-order valence-electron chi connectivity index (χ0n) is 21.9. The van der Waals surface area contributed by atoms with E-state index in [2.05, 4.69) is 106 Å². The van der Waals surface area contributed by atoms with Crippen molar-refractivity contribution < 1.29 is 0 Å². The van der Waals surface area contributed by atoms with E-state index >= 15 is 0 Å². The lowest BCUT2D eigenvalue weighted by molar-refractivity contribution is 0.532. The van der Waals surface area contributed by atoms with Gasteiger partial charge in [-0.3, -0.25) is 0 Å². The summed E-state index contributed by atoms with van der Waals surface area (Å²) >= 11 is 0. The highest BCUT2D eigenvalue weighted by atomic mass is 15.0. The van der Waals surface area contributed by atoms with Gasteiger partial charge < -0.3 is 9.13 Å². The molecule has 0 radical (unpaired) electrons. The predicted octanol–water partition coefficient (Wildman–Crippen LogP) is 10.1. The number of hydrogen-bond acceptors (Lipinski definition) is 0. The van der Waals surface area contributed by atoms with E-state index < -0.39 is 0 Å². The van der Waals surface area contributed by atoms with Crippen LogP contribution in [-0.4, -0.2) is 9.13 Å². The third-order valence-electron chi connectivity index (χ3n) is 8.12. The van der Waals surface area contributed by atoms with Crippen molar-refractivity contribution >= 4 is 43.6 Å². The Morgan fingerprint density at radius 3 is 0.838 bits per heavy atom. The number of benzene rings is 4. The molecule has 0 amide bonds. The lowest BCUT2D eigenvalue weighted by Crippen LogP contribution is -1.98. The summed E-state index contributed by atoms with van der Waals surface area (Å²) in [6.45, 7) is 2.24. The summed E-state index contributed by atoms with van der Waals surface area (Å²) in [5, 5.41) is 5.54. The van der Waals surface area contributed by atoms with Crippen molar-refractivity contribution in [3.8, 4) is 0 Å². The molecule has 0 spiro atoms. The van der Waals surface area contributed by atoms with Crippen molar-refractivity contribution in [3.05, 3.63) is 97.1 Å². The fraction of sp³-hybridized carbons (Fsp3) is 0.314. The first-order valence-corrected chi connectivity index (χ1v) is 14.3. The van der Waals surface area contributed by atoms with Gasteiger partial charge in [0.25, 0.3) is 0 Å². The molecule has 0 fully saturated rings. The summed E-state index contributed by atoms with van der Waals surface area (Å²) in [5.74, 6) is 0. The number of rotatable bonds is 12. The third kappa shape index (κ3) is 4.90. The standard InChI is InChI=1S/C35H38N2/c1(2-4-6-16-26-36-32-22-12-8-18-28(32)29-19-9-13-23-33(29)36)3-5-7-17-27-37-34-24-14-10-20-30(34)31-21-11-15-25-35(31)37/h8-15,18-25H,1-7,16-17,26-27H2. The van der Waals surface area contributed by atoms with Crippen molar-refractivity contribution in [2.24, 2.45) is 0 Å². The summed E-state index contributed by atoms with van der Waals surface area (Å²) in [5.41, 5.74) is 5.52. The van der Waals surface area contributed by atoms with Gasteiger partial charge in [-0.1, -0.05) is 118 Å². The van der Waals surface area contributed by atoms with Gasteiger partial charge in [0.05, 0.1) is 0 Å². The maximum Gasteiger partial charge on any atom is 0.0491 e. The predicted molar refractivity (Wildman–Crippen MR) is 160 cm³/mol. The highest BCUT2D eigenvalue weighted by molar-refractivity contribution is 6.08. The SMILES string of the molecule is c1ccc2c(c1)c1ccccc1n2CCCCCCCCCCCn1c2ccccc2c2ccccc21. The second-order valence-corrected chi connectivity index (χ2v) is 10.6. The molecule has 188 valence electrons. The van der Waals surface area contributed by atoms with E-state index in [0.717, 1.165) is 13.1 Å². The lowest BCUT2D eigenvalue weighted by Gasteiger charge is -2.08. The lowest BCUT2D eigenvalue weighted by atomic mass is 10.1. The molecule has 6 rings (SSSR count). The fourth-order valence-electron chi connectivity index (χ4n) is 6.27. The molecule has 0 atom stereocenters. The van der Waals surface area contributed by atoms with Crippen LogP contribution in [0.2, 0.25) is 0 Å². The van der Waals surface area contributed by atoms with Crippen LogP contribution in [0, 0.1) is 0 Å². The van der Waals surface area contributed by atoms with Gasteiger partial charge in [0.15, 0.2) is 0 Å². The summed E-state index contributed by atoms with van der Waals surface area (Å²) in [6.07, 6.45) is 12.0. The van der Waals surface area contributed by atoms with Crippen molar-refractivity contribution in [2.45, 2.75) is 70.9 Å². The van der Waals surface area contributed by atoms with E-state index in [9.17, 15) is 0 Å². The molecule has 0 unspecified atom stereocenters. The van der Waals surface area contributed by atoms with Gasteiger partial charge in [-0.15, -0.1) is 0 Å². The molecule has 0 N–H and O–H groups in total. The van der Waals surface area contributed by atoms with Gasteiger partial charge in [-0.25, -0.2) is 0 Å². The Morgan fingerprint density at radius 1 is 0.297 bits per heavy atom. The Bertz CT molecular complexity index is 1390. The van der Waals surface area contributed by atoms with Gasteiger partial charge in [-0.05, 0) is 37.1 Å². The van der Waals surface area contributed by atoms with Crippen LogP contribution < -0.4 is 0 Å². The zero-order chi connectivity index (χ0) is 24.9. The number of aryl methyl sites for hydroxylation is 2. The second kappa shape index (κ2) is 11.3. The van der Waals surface area contributed by atoms with E-state index in [4.69, 9.17) is 0 Å². The van der Waals surface area contributed by atoms with Crippen LogP contribution in [0.15, 0.2) is 97.1 Å². The molecule has 0 aliphatic heterocycles. The Morgan fingerprint density at radius 2 is 0.541 bits per heavy atom. The molecule has 0 aliphatic carbocycles. The van der Waals surface area contributed by atoms with E-state index in [1.165, 1.54) is 101 Å². The second-order valence-electron chi connectivity index (χ2n) is 10.6. The average molecular weight is 487 g/mol. The quantitative estimate of drug-likeness (QED) is 0.152. The molecular weight excluding hydrogens is 448 g/mol. The molecule has 2 aromatic heterocycles. The Kier molecular flexibility index (Phi) is 7.26. The largest absolute Gasteiger partial charge is 0.340 e. The van der Waals surface area contributed by atoms with Crippen LogP contribution in [0.4, 0.5) is 0 Å². The molecule has 0 saturated carbocycles. The Balaban J connectivity index is 0.907. The van der Waals surface area contributed by atoms with Gasteiger partial charge in [0, 0.05) is 56.7 Å².